The standard InChI is InChI=1S/C12H22O2/c1-9(2)7-6-8-11(5)14-12(13)10(3)4/h7,10-11H,6,8H2,1-5H3. The Morgan fingerprint density at radius 1 is 1.29 bits per heavy atom. The molecule has 2 heteroatoms. The number of hydrogen-bond acceptors (Lipinski definition) is 2. The first-order chi connectivity index (χ1) is 6.43. The number of hydrogen-bond donors (Lipinski definition) is 0. The van der Waals surface area contributed by atoms with Gasteiger partial charge in [-0.2, -0.15) is 0 Å². The van der Waals surface area contributed by atoms with E-state index in [1.165, 1.54) is 5.57 Å². The maximum Gasteiger partial charge on any atom is 0.308 e. The van der Waals surface area contributed by atoms with Gasteiger partial charge in [0, 0.05) is 0 Å². The summed E-state index contributed by atoms with van der Waals surface area (Å²) in [6.45, 7) is 9.80. The molecule has 0 aromatic heterocycles. The maximum atomic E-state index is 11.2. The molecule has 2 nitrogen and oxygen atoms in total. The fourth-order valence-corrected chi connectivity index (χ4v) is 1.00. The van der Waals surface area contributed by atoms with Crippen LogP contribution in [0.25, 0.3) is 0 Å². The van der Waals surface area contributed by atoms with Gasteiger partial charge in [0.15, 0.2) is 0 Å². The maximum absolute atomic E-state index is 11.2. The minimum Gasteiger partial charge on any atom is -0.462 e. The Morgan fingerprint density at radius 3 is 2.29 bits per heavy atom. The third-order valence-corrected chi connectivity index (χ3v) is 1.91. The van der Waals surface area contributed by atoms with Crippen molar-refractivity contribution in [1.29, 1.82) is 0 Å². The highest BCUT2D eigenvalue weighted by Crippen LogP contribution is 2.07. The van der Waals surface area contributed by atoms with Crippen LogP contribution in [0, 0.1) is 5.92 Å². The van der Waals surface area contributed by atoms with Crippen molar-refractivity contribution >= 4 is 5.97 Å². The van der Waals surface area contributed by atoms with E-state index in [1.54, 1.807) is 0 Å². The molecule has 0 saturated heterocycles. The van der Waals surface area contributed by atoms with E-state index in [-0.39, 0.29) is 18.0 Å². The number of carbonyl (C=O) groups excluding carboxylic acids is 1. The molecule has 0 bridgehead atoms. The van der Waals surface area contributed by atoms with Gasteiger partial charge >= 0.3 is 5.97 Å². The molecule has 0 radical (unpaired) electrons. The summed E-state index contributed by atoms with van der Waals surface area (Å²) in [6.07, 6.45) is 4.08. The first-order valence-electron chi connectivity index (χ1n) is 5.27. The van der Waals surface area contributed by atoms with E-state index >= 15 is 0 Å². The van der Waals surface area contributed by atoms with E-state index in [9.17, 15) is 4.79 Å². The predicted molar refractivity (Wildman–Crippen MR) is 59.1 cm³/mol. The lowest BCUT2D eigenvalue weighted by Crippen LogP contribution is -2.18. The normalized spacial score (nSPS) is 12.4. The summed E-state index contributed by atoms with van der Waals surface area (Å²) in [5.41, 5.74) is 1.31. The van der Waals surface area contributed by atoms with Gasteiger partial charge in [0.25, 0.3) is 0 Å². The summed E-state index contributed by atoms with van der Waals surface area (Å²) in [6, 6.07) is 0. The van der Waals surface area contributed by atoms with Gasteiger partial charge in [-0.25, -0.2) is 0 Å². The van der Waals surface area contributed by atoms with E-state index in [4.69, 9.17) is 4.74 Å². The van der Waals surface area contributed by atoms with Crippen molar-refractivity contribution in [3.05, 3.63) is 11.6 Å². The van der Waals surface area contributed by atoms with Crippen molar-refractivity contribution in [2.24, 2.45) is 5.92 Å². The molecule has 0 rings (SSSR count). The summed E-state index contributed by atoms with van der Waals surface area (Å²) in [7, 11) is 0. The van der Waals surface area contributed by atoms with Gasteiger partial charge in [0.1, 0.15) is 0 Å². The van der Waals surface area contributed by atoms with Gasteiger partial charge in [-0.15, -0.1) is 0 Å². The van der Waals surface area contributed by atoms with Crippen LogP contribution in [0.1, 0.15) is 47.5 Å². The highest BCUT2D eigenvalue weighted by atomic mass is 16.5. The summed E-state index contributed by atoms with van der Waals surface area (Å²) in [4.78, 5) is 11.2. The minimum atomic E-state index is -0.102. The molecule has 0 heterocycles. The molecular formula is C12H22O2. The summed E-state index contributed by atoms with van der Waals surface area (Å²) >= 11 is 0. The average molecular weight is 198 g/mol. The number of allylic oxidation sites excluding steroid dienone is 2. The molecule has 82 valence electrons. The first kappa shape index (κ1) is 13.2. The minimum absolute atomic E-state index is 0.0269. The zero-order valence-electron chi connectivity index (χ0n) is 9.96. The lowest BCUT2D eigenvalue weighted by molar-refractivity contribution is -0.152. The van der Waals surface area contributed by atoms with Crippen LogP contribution in [-0.4, -0.2) is 12.1 Å². The van der Waals surface area contributed by atoms with Crippen LogP contribution in [0.15, 0.2) is 11.6 Å². The first-order valence-corrected chi connectivity index (χ1v) is 5.27. The average Bonchev–Trinajstić information content (AvgIpc) is 2.02. The largest absolute Gasteiger partial charge is 0.462 e. The van der Waals surface area contributed by atoms with Crippen molar-refractivity contribution in [2.75, 3.05) is 0 Å². The molecule has 0 spiro atoms. The van der Waals surface area contributed by atoms with Crippen LogP contribution >= 0.6 is 0 Å². The van der Waals surface area contributed by atoms with Gasteiger partial charge in [-0.05, 0) is 33.6 Å². The van der Waals surface area contributed by atoms with Crippen LogP contribution in [-0.2, 0) is 9.53 Å². The Kier molecular flexibility index (Phi) is 6.26. The molecule has 14 heavy (non-hydrogen) atoms. The van der Waals surface area contributed by atoms with E-state index in [1.807, 2.05) is 20.8 Å². The third-order valence-electron chi connectivity index (χ3n) is 1.91. The Bertz CT molecular complexity index is 200. The van der Waals surface area contributed by atoms with Gasteiger partial charge in [0.2, 0.25) is 0 Å². The van der Waals surface area contributed by atoms with Gasteiger partial charge in [0.05, 0.1) is 12.0 Å². The monoisotopic (exact) mass is 198 g/mol. The topological polar surface area (TPSA) is 26.3 Å². The molecular weight excluding hydrogens is 176 g/mol. The predicted octanol–water partition coefficient (Wildman–Crippen LogP) is 3.32. The SMILES string of the molecule is CC(C)=CCCC(C)OC(=O)C(C)C. The van der Waals surface area contributed by atoms with Crippen molar-refractivity contribution in [3.63, 3.8) is 0 Å². The fraction of sp³-hybridized carbons (Fsp3) is 0.750. The van der Waals surface area contributed by atoms with Gasteiger partial charge in [-0.1, -0.05) is 25.5 Å². The molecule has 0 aliphatic heterocycles. The number of esters is 1. The number of ether oxygens (including phenoxy) is 1. The highest BCUT2D eigenvalue weighted by Gasteiger charge is 2.11. The lowest BCUT2D eigenvalue weighted by Gasteiger charge is -2.13. The van der Waals surface area contributed by atoms with Crippen molar-refractivity contribution in [1.82, 2.24) is 0 Å². The fourth-order valence-electron chi connectivity index (χ4n) is 1.00. The zero-order chi connectivity index (χ0) is 11.1. The summed E-state index contributed by atoms with van der Waals surface area (Å²) in [5.74, 6) is -0.129. The second-order valence-electron chi connectivity index (χ2n) is 4.26. The van der Waals surface area contributed by atoms with Crippen LogP contribution in [0.3, 0.4) is 0 Å². The van der Waals surface area contributed by atoms with Crippen LogP contribution in [0.4, 0.5) is 0 Å². The zero-order valence-corrected chi connectivity index (χ0v) is 9.96. The molecule has 0 aromatic carbocycles. The van der Waals surface area contributed by atoms with Crippen molar-refractivity contribution < 1.29 is 9.53 Å². The van der Waals surface area contributed by atoms with Crippen molar-refractivity contribution in [3.8, 4) is 0 Å². The molecule has 0 saturated carbocycles. The quantitative estimate of drug-likeness (QED) is 0.500. The number of rotatable bonds is 5. The van der Waals surface area contributed by atoms with E-state index in [0.717, 1.165) is 12.8 Å². The molecule has 0 aromatic rings. The third kappa shape index (κ3) is 6.70. The van der Waals surface area contributed by atoms with E-state index in [0.29, 0.717) is 0 Å². The van der Waals surface area contributed by atoms with Gasteiger partial charge < -0.3 is 4.74 Å². The molecule has 0 N–H and O–H groups in total. The van der Waals surface area contributed by atoms with E-state index in [2.05, 4.69) is 19.9 Å². The second kappa shape index (κ2) is 6.63. The smallest absolute Gasteiger partial charge is 0.308 e. The summed E-state index contributed by atoms with van der Waals surface area (Å²) in [5, 5.41) is 0. The molecule has 1 unspecified atom stereocenters. The molecule has 0 fully saturated rings. The van der Waals surface area contributed by atoms with Crippen LogP contribution in [0.5, 0.6) is 0 Å². The summed E-state index contributed by atoms with van der Waals surface area (Å²) < 4.78 is 5.23. The second-order valence-corrected chi connectivity index (χ2v) is 4.26. The van der Waals surface area contributed by atoms with Crippen LogP contribution in [0.2, 0.25) is 0 Å². The molecule has 0 aliphatic rings. The Hall–Kier alpha value is -0.790. The Morgan fingerprint density at radius 2 is 1.86 bits per heavy atom. The van der Waals surface area contributed by atoms with Gasteiger partial charge in [-0.3, -0.25) is 4.79 Å². The highest BCUT2D eigenvalue weighted by molar-refractivity contribution is 5.71. The van der Waals surface area contributed by atoms with Crippen molar-refractivity contribution in [2.45, 2.75) is 53.6 Å². The Labute approximate surface area is 87.3 Å². The number of carbonyl (C=O) groups is 1. The lowest BCUT2D eigenvalue weighted by atomic mass is 10.1. The molecule has 0 amide bonds. The molecule has 1 atom stereocenters. The van der Waals surface area contributed by atoms with Crippen LogP contribution < -0.4 is 0 Å². The van der Waals surface area contributed by atoms with E-state index < -0.39 is 0 Å². The Balaban J connectivity index is 3.71. The molecule has 0 aliphatic carbocycles.